The molecule has 0 fully saturated rings. The lowest BCUT2D eigenvalue weighted by molar-refractivity contribution is -0.141. The second kappa shape index (κ2) is 7.32. The monoisotopic (exact) mass is 251 g/mol. The van der Waals surface area contributed by atoms with E-state index in [0.29, 0.717) is 24.5 Å². The first kappa shape index (κ1) is 14.0. The Labute approximate surface area is 106 Å². The number of hydrogen-bond acceptors (Lipinski definition) is 4. The number of ether oxygens (including phenoxy) is 2. The Morgan fingerprint density at radius 2 is 1.89 bits per heavy atom. The summed E-state index contributed by atoms with van der Waals surface area (Å²) in [5.74, 6) is -0.312. The van der Waals surface area contributed by atoms with E-state index >= 15 is 0 Å². The molecule has 0 heterocycles. The normalized spacial score (nSPS) is 9.67. The van der Waals surface area contributed by atoms with Crippen molar-refractivity contribution in [1.82, 2.24) is 5.32 Å². The Morgan fingerprint density at radius 1 is 1.17 bits per heavy atom. The molecule has 0 saturated heterocycles. The number of para-hydroxylation sites is 1. The zero-order valence-electron chi connectivity index (χ0n) is 10.6. The van der Waals surface area contributed by atoms with Gasteiger partial charge in [-0.15, -0.1) is 0 Å². The average Bonchev–Trinajstić information content (AvgIpc) is 2.37. The van der Waals surface area contributed by atoms with Gasteiger partial charge >= 0.3 is 5.97 Å². The third-order valence-electron chi connectivity index (χ3n) is 2.13. The highest BCUT2D eigenvalue weighted by molar-refractivity contribution is 5.98. The fraction of sp³-hybridized carbons (Fsp3) is 0.385. The molecular formula is C13H17NO4. The van der Waals surface area contributed by atoms with E-state index in [1.54, 1.807) is 31.2 Å². The molecule has 5 heteroatoms. The van der Waals surface area contributed by atoms with Gasteiger partial charge < -0.3 is 14.8 Å². The van der Waals surface area contributed by atoms with Crippen LogP contribution in [-0.4, -0.2) is 31.6 Å². The highest BCUT2D eigenvalue weighted by atomic mass is 16.5. The Bertz CT molecular complexity index is 417. The molecule has 0 unspecified atom stereocenters. The van der Waals surface area contributed by atoms with Crippen LogP contribution < -0.4 is 10.1 Å². The topological polar surface area (TPSA) is 64.6 Å². The summed E-state index contributed by atoms with van der Waals surface area (Å²) in [6.45, 7) is 4.18. The fourth-order valence-electron chi connectivity index (χ4n) is 1.40. The van der Waals surface area contributed by atoms with Gasteiger partial charge in [-0.2, -0.15) is 0 Å². The van der Waals surface area contributed by atoms with E-state index in [0.717, 1.165) is 0 Å². The van der Waals surface area contributed by atoms with Crippen molar-refractivity contribution in [3.8, 4) is 5.75 Å². The van der Waals surface area contributed by atoms with Crippen LogP contribution in [0, 0.1) is 0 Å². The van der Waals surface area contributed by atoms with E-state index in [4.69, 9.17) is 9.47 Å². The lowest BCUT2D eigenvalue weighted by atomic mass is 10.2. The highest BCUT2D eigenvalue weighted by Crippen LogP contribution is 2.17. The van der Waals surface area contributed by atoms with Crippen molar-refractivity contribution in [2.75, 3.05) is 19.8 Å². The van der Waals surface area contributed by atoms with Gasteiger partial charge in [0.25, 0.3) is 5.91 Å². The highest BCUT2D eigenvalue weighted by Gasteiger charge is 2.12. The summed E-state index contributed by atoms with van der Waals surface area (Å²) in [5, 5.41) is 2.49. The van der Waals surface area contributed by atoms with Crippen LogP contribution >= 0.6 is 0 Å². The minimum atomic E-state index is -0.459. The first-order valence-corrected chi connectivity index (χ1v) is 5.84. The van der Waals surface area contributed by atoms with Gasteiger partial charge in [-0.05, 0) is 26.0 Å². The minimum absolute atomic E-state index is 0.146. The minimum Gasteiger partial charge on any atom is -0.493 e. The zero-order valence-corrected chi connectivity index (χ0v) is 10.6. The fourth-order valence-corrected chi connectivity index (χ4v) is 1.40. The quantitative estimate of drug-likeness (QED) is 0.776. The number of esters is 1. The lowest BCUT2D eigenvalue weighted by Gasteiger charge is -2.09. The zero-order chi connectivity index (χ0) is 13.4. The van der Waals surface area contributed by atoms with E-state index in [-0.39, 0.29) is 12.5 Å². The van der Waals surface area contributed by atoms with Crippen molar-refractivity contribution in [2.24, 2.45) is 0 Å². The van der Waals surface area contributed by atoms with E-state index in [1.807, 2.05) is 6.92 Å². The lowest BCUT2D eigenvalue weighted by Crippen LogP contribution is -2.30. The molecule has 0 radical (unpaired) electrons. The van der Waals surface area contributed by atoms with Crippen LogP contribution in [0.1, 0.15) is 24.2 Å². The van der Waals surface area contributed by atoms with Gasteiger partial charge in [-0.25, -0.2) is 0 Å². The van der Waals surface area contributed by atoms with Crippen molar-refractivity contribution in [1.29, 1.82) is 0 Å². The molecule has 1 aromatic rings. The molecule has 5 nitrogen and oxygen atoms in total. The third-order valence-corrected chi connectivity index (χ3v) is 2.13. The summed E-state index contributed by atoms with van der Waals surface area (Å²) in [4.78, 5) is 23.0. The summed E-state index contributed by atoms with van der Waals surface area (Å²) in [5.41, 5.74) is 0.406. The van der Waals surface area contributed by atoms with Gasteiger partial charge in [0.15, 0.2) is 0 Å². The van der Waals surface area contributed by atoms with Crippen LogP contribution in [0.3, 0.4) is 0 Å². The Hall–Kier alpha value is -2.04. The molecule has 1 aromatic carbocycles. The summed E-state index contributed by atoms with van der Waals surface area (Å²) in [6, 6.07) is 6.88. The molecule has 0 atom stereocenters. The van der Waals surface area contributed by atoms with Crippen molar-refractivity contribution in [3.05, 3.63) is 29.8 Å². The van der Waals surface area contributed by atoms with Crippen LogP contribution in [0.15, 0.2) is 24.3 Å². The molecule has 98 valence electrons. The van der Waals surface area contributed by atoms with Gasteiger partial charge in [0.05, 0.1) is 18.8 Å². The molecule has 1 N–H and O–H groups in total. The van der Waals surface area contributed by atoms with Crippen molar-refractivity contribution >= 4 is 11.9 Å². The Balaban J connectivity index is 2.63. The molecule has 0 aliphatic carbocycles. The molecule has 0 aromatic heterocycles. The van der Waals surface area contributed by atoms with Crippen molar-refractivity contribution < 1.29 is 19.1 Å². The van der Waals surface area contributed by atoms with Crippen LogP contribution in [0.2, 0.25) is 0 Å². The van der Waals surface area contributed by atoms with E-state index in [9.17, 15) is 9.59 Å². The molecule has 0 saturated carbocycles. The van der Waals surface area contributed by atoms with Gasteiger partial charge in [0, 0.05) is 0 Å². The third kappa shape index (κ3) is 4.08. The molecule has 0 aliphatic heterocycles. The van der Waals surface area contributed by atoms with E-state index in [2.05, 4.69) is 5.32 Å². The second-order valence-corrected chi connectivity index (χ2v) is 3.42. The molecule has 0 aliphatic rings. The number of carbonyl (C=O) groups is 2. The Morgan fingerprint density at radius 3 is 2.56 bits per heavy atom. The maximum absolute atomic E-state index is 11.9. The maximum Gasteiger partial charge on any atom is 0.325 e. The van der Waals surface area contributed by atoms with Crippen molar-refractivity contribution in [3.63, 3.8) is 0 Å². The van der Waals surface area contributed by atoms with Crippen molar-refractivity contribution in [2.45, 2.75) is 13.8 Å². The predicted octanol–water partition coefficient (Wildman–Crippen LogP) is 1.38. The number of carbonyl (C=O) groups excluding carboxylic acids is 2. The SMILES string of the molecule is CCOC(=O)CNC(=O)c1ccccc1OCC. The molecule has 1 amide bonds. The molecule has 0 spiro atoms. The van der Waals surface area contributed by atoms with Gasteiger partial charge in [0.2, 0.25) is 0 Å². The average molecular weight is 251 g/mol. The van der Waals surface area contributed by atoms with Crippen LogP contribution in [0.4, 0.5) is 0 Å². The predicted molar refractivity (Wildman–Crippen MR) is 66.6 cm³/mol. The smallest absolute Gasteiger partial charge is 0.325 e. The number of amides is 1. The number of rotatable bonds is 6. The van der Waals surface area contributed by atoms with E-state index < -0.39 is 5.97 Å². The first-order valence-electron chi connectivity index (χ1n) is 5.84. The molecule has 0 bridgehead atoms. The summed E-state index contributed by atoms with van der Waals surface area (Å²) in [6.07, 6.45) is 0. The van der Waals surface area contributed by atoms with Crippen LogP contribution in [0.25, 0.3) is 0 Å². The van der Waals surface area contributed by atoms with Gasteiger partial charge in [-0.3, -0.25) is 9.59 Å². The Kier molecular flexibility index (Phi) is 5.70. The second-order valence-electron chi connectivity index (χ2n) is 3.42. The van der Waals surface area contributed by atoms with Crippen LogP contribution in [0.5, 0.6) is 5.75 Å². The molecular weight excluding hydrogens is 234 g/mol. The standard InChI is InChI=1S/C13H17NO4/c1-3-17-11-8-6-5-7-10(11)13(16)14-9-12(15)18-4-2/h5-8H,3-4,9H2,1-2H3,(H,14,16). The van der Waals surface area contributed by atoms with Gasteiger partial charge in [0.1, 0.15) is 12.3 Å². The summed E-state index contributed by atoms with van der Waals surface area (Å²) >= 11 is 0. The van der Waals surface area contributed by atoms with E-state index in [1.165, 1.54) is 0 Å². The summed E-state index contributed by atoms with van der Waals surface area (Å²) in [7, 11) is 0. The van der Waals surface area contributed by atoms with Gasteiger partial charge in [-0.1, -0.05) is 12.1 Å². The number of nitrogens with one attached hydrogen (secondary N) is 1. The largest absolute Gasteiger partial charge is 0.493 e. The van der Waals surface area contributed by atoms with Crippen LogP contribution in [-0.2, 0) is 9.53 Å². The maximum atomic E-state index is 11.9. The molecule has 1 rings (SSSR count). The first-order chi connectivity index (χ1) is 8.69. The number of benzene rings is 1. The molecule has 18 heavy (non-hydrogen) atoms. The number of hydrogen-bond donors (Lipinski definition) is 1. The summed E-state index contributed by atoms with van der Waals surface area (Å²) < 4.78 is 10.1.